The number of rotatable bonds is 6. The fourth-order valence-electron chi connectivity index (χ4n) is 3.03. The molecule has 6 heteroatoms. The summed E-state index contributed by atoms with van der Waals surface area (Å²) >= 11 is 12.3. The molecule has 3 aromatic carbocycles. The van der Waals surface area contributed by atoms with Gasteiger partial charge in [-0.05, 0) is 54.4 Å². The largest absolute Gasteiger partial charge is 0.496 e. The Kier molecular flexibility index (Phi) is 6.57. The zero-order valence-electron chi connectivity index (χ0n) is 16.0. The van der Waals surface area contributed by atoms with Gasteiger partial charge in [-0.15, -0.1) is 0 Å². The van der Waals surface area contributed by atoms with E-state index in [1.54, 1.807) is 43.5 Å². The van der Waals surface area contributed by atoms with E-state index >= 15 is 0 Å². The highest BCUT2D eigenvalue weighted by Crippen LogP contribution is 2.27. The Hall–Kier alpha value is -2.82. The standard InChI is InChI=1S/C23H19Cl2NO3/c1-14-11-15(7-10-21(14)29-2)12-22(27)26-20-9-8-16(24)13-18(20)23(28)17-5-3-4-6-19(17)25/h3-11,13H,12H2,1-2H3,(H,26,27). The maximum Gasteiger partial charge on any atom is 0.228 e. The second-order valence-corrected chi connectivity index (χ2v) is 7.37. The zero-order chi connectivity index (χ0) is 21.0. The molecule has 0 spiro atoms. The Morgan fingerprint density at radius 2 is 1.72 bits per heavy atom. The van der Waals surface area contributed by atoms with Gasteiger partial charge in [-0.2, -0.15) is 0 Å². The quantitative estimate of drug-likeness (QED) is 0.511. The lowest BCUT2D eigenvalue weighted by Gasteiger charge is -2.12. The Bertz CT molecular complexity index is 1080. The molecular formula is C23H19Cl2NO3. The molecule has 0 aliphatic carbocycles. The van der Waals surface area contributed by atoms with E-state index in [9.17, 15) is 9.59 Å². The first-order chi connectivity index (χ1) is 13.9. The number of methoxy groups -OCH3 is 1. The maximum atomic E-state index is 13.0. The summed E-state index contributed by atoms with van der Waals surface area (Å²) in [6.07, 6.45) is 0.160. The number of carbonyl (C=O) groups excluding carboxylic acids is 2. The first-order valence-corrected chi connectivity index (χ1v) is 9.67. The lowest BCUT2D eigenvalue weighted by atomic mass is 10.0. The Balaban J connectivity index is 1.84. The van der Waals surface area contributed by atoms with Crippen LogP contribution < -0.4 is 10.1 Å². The van der Waals surface area contributed by atoms with Crippen molar-refractivity contribution in [3.05, 3.63) is 93.0 Å². The van der Waals surface area contributed by atoms with E-state index in [-0.39, 0.29) is 23.7 Å². The molecule has 3 aromatic rings. The van der Waals surface area contributed by atoms with Crippen LogP contribution in [0.2, 0.25) is 10.0 Å². The molecule has 0 bridgehead atoms. The van der Waals surface area contributed by atoms with Crippen LogP contribution in [-0.2, 0) is 11.2 Å². The van der Waals surface area contributed by atoms with Crippen molar-refractivity contribution in [2.45, 2.75) is 13.3 Å². The van der Waals surface area contributed by atoms with Crippen molar-refractivity contribution in [1.82, 2.24) is 0 Å². The van der Waals surface area contributed by atoms with Crippen molar-refractivity contribution >= 4 is 40.6 Å². The molecule has 1 N–H and O–H groups in total. The normalized spacial score (nSPS) is 10.5. The van der Waals surface area contributed by atoms with Gasteiger partial charge in [0, 0.05) is 16.1 Å². The summed E-state index contributed by atoms with van der Waals surface area (Å²) in [6, 6.07) is 17.1. The number of ether oxygens (including phenoxy) is 1. The second-order valence-electron chi connectivity index (χ2n) is 6.53. The third-order valence-electron chi connectivity index (χ3n) is 4.44. The van der Waals surface area contributed by atoms with Crippen molar-refractivity contribution in [3.8, 4) is 5.75 Å². The minimum atomic E-state index is -0.311. The summed E-state index contributed by atoms with van der Waals surface area (Å²) < 4.78 is 5.24. The number of carbonyl (C=O) groups is 2. The average Bonchev–Trinajstić information content (AvgIpc) is 2.69. The van der Waals surface area contributed by atoms with Gasteiger partial charge in [-0.1, -0.05) is 47.5 Å². The molecule has 0 aromatic heterocycles. The lowest BCUT2D eigenvalue weighted by Crippen LogP contribution is -2.17. The second kappa shape index (κ2) is 9.12. The van der Waals surface area contributed by atoms with Gasteiger partial charge in [0.25, 0.3) is 0 Å². The molecule has 0 aliphatic rings. The number of amides is 1. The van der Waals surface area contributed by atoms with Gasteiger partial charge >= 0.3 is 0 Å². The number of ketones is 1. The highest BCUT2D eigenvalue weighted by Gasteiger charge is 2.18. The third kappa shape index (κ3) is 4.97. The minimum Gasteiger partial charge on any atom is -0.496 e. The van der Waals surface area contributed by atoms with E-state index < -0.39 is 0 Å². The molecule has 0 saturated carbocycles. The molecule has 0 radical (unpaired) electrons. The number of hydrogen-bond donors (Lipinski definition) is 1. The topological polar surface area (TPSA) is 55.4 Å². The van der Waals surface area contributed by atoms with Gasteiger partial charge in [-0.25, -0.2) is 0 Å². The van der Waals surface area contributed by atoms with Crippen molar-refractivity contribution in [3.63, 3.8) is 0 Å². The highest BCUT2D eigenvalue weighted by molar-refractivity contribution is 6.36. The van der Waals surface area contributed by atoms with Crippen molar-refractivity contribution in [2.24, 2.45) is 0 Å². The SMILES string of the molecule is COc1ccc(CC(=O)Nc2ccc(Cl)cc2C(=O)c2ccccc2Cl)cc1C. The average molecular weight is 428 g/mol. The van der Waals surface area contributed by atoms with E-state index in [1.807, 2.05) is 25.1 Å². The number of benzene rings is 3. The van der Waals surface area contributed by atoms with Crippen LogP contribution in [0.25, 0.3) is 0 Å². The van der Waals surface area contributed by atoms with Crippen LogP contribution in [0.15, 0.2) is 60.7 Å². The molecule has 0 aliphatic heterocycles. The fourth-order valence-corrected chi connectivity index (χ4v) is 3.43. The number of hydrogen-bond acceptors (Lipinski definition) is 3. The molecule has 0 atom stereocenters. The Labute approximate surface area is 179 Å². The Morgan fingerprint density at radius 3 is 2.41 bits per heavy atom. The van der Waals surface area contributed by atoms with Crippen LogP contribution in [0.1, 0.15) is 27.0 Å². The summed E-state index contributed by atoms with van der Waals surface area (Å²) in [7, 11) is 1.60. The van der Waals surface area contributed by atoms with E-state index in [2.05, 4.69) is 5.32 Å². The van der Waals surface area contributed by atoms with Gasteiger partial charge in [0.05, 0.1) is 24.2 Å². The number of anilines is 1. The summed E-state index contributed by atoms with van der Waals surface area (Å²) in [5.74, 6) is 0.207. The van der Waals surface area contributed by atoms with Crippen LogP contribution in [0.3, 0.4) is 0 Å². The van der Waals surface area contributed by atoms with Gasteiger partial charge < -0.3 is 10.1 Å². The first-order valence-electron chi connectivity index (χ1n) is 8.91. The molecule has 4 nitrogen and oxygen atoms in total. The van der Waals surface area contributed by atoms with Crippen LogP contribution in [-0.4, -0.2) is 18.8 Å². The van der Waals surface area contributed by atoms with Crippen LogP contribution in [0.4, 0.5) is 5.69 Å². The lowest BCUT2D eigenvalue weighted by molar-refractivity contribution is -0.115. The predicted molar refractivity (Wildman–Crippen MR) is 116 cm³/mol. The van der Waals surface area contributed by atoms with E-state index in [1.165, 1.54) is 6.07 Å². The van der Waals surface area contributed by atoms with Crippen molar-refractivity contribution in [1.29, 1.82) is 0 Å². The molecular weight excluding hydrogens is 409 g/mol. The minimum absolute atomic E-state index is 0.160. The van der Waals surface area contributed by atoms with Gasteiger partial charge in [0.1, 0.15) is 5.75 Å². The molecule has 29 heavy (non-hydrogen) atoms. The van der Waals surface area contributed by atoms with Crippen LogP contribution in [0.5, 0.6) is 5.75 Å². The van der Waals surface area contributed by atoms with Crippen molar-refractivity contribution in [2.75, 3.05) is 12.4 Å². The molecule has 0 unspecified atom stereocenters. The van der Waals surface area contributed by atoms with Crippen LogP contribution >= 0.6 is 23.2 Å². The van der Waals surface area contributed by atoms with Gasteiger partial charge in [0.15, 0.2) is 5.78 Å². The molecule has 0 heterocycles. The van der Waals surface area contributed by atoms with E-state index in [4.69, 9.17) is 27.9 Å². The number of aryl methyl sites for hydroxylation is 1. The summed E-state index contributed by atoms with van der Waals surface area (Å²) in [5, 5.41) is 3.54. The zero-order valence-corrected chi connectivity index (χ0v) is 17.5. The van der Waals surface area contributed by atoms with Crippen molar-refractivity contribution < 1.29 is 14.3 Å². The molecule has 3 rings (SSSR count). The summed E-state index contributed by atoms with van der Waals surface area (Å²) in [5.41, 5.74) is 2.80. The predicted octanol–water partition coefficient (Wildman–Crippen LogP) is 5.72. The maximum absolute atomic E-state index is 13.0. The molecule has 148 valence electrons. The Morgan fingerprint density at radius 1 is 0.966 bits per heavy atom. The monoisotopic (exact) mass is 427 g/mol. The summed E-state index contributed by atoms with van der Waals surface area (Å²) in [4.78, 5) is 25.6. The van der Waals surface area contributed by atoms with Crippen LogP contribution in [0, 0.1) is 6.92 Å². The summed E-state index contributed by atoms with van der Waals surface area (Å²) in [6.45, 7) is 1.92. The number of nitrogens with one attached hydrogen (secondary N) is 1. The van der Waals surface area contributed by atoms with Gasteiger partial charge in [0.2, 0.25) is 5.91 Å². The molecule has 0 saturated heterocycles. The molecule has 1 amide bonds. The first kappa shape index (κ1) is 20.9. The highest BCUT2D eigenvalue weighted by atomic mass is 35.5. The third-order valence-corrected chi connectivity index (χ3v) is 5.01. The number of halogens is 2. The molecule has 0 fully saturated rings. The van der Waals surface area contributed by atoms with E-state index in [0.717, 1.165) is 16.9 Å². The van der Waals surface area contributed by atoms with Gasteiger partial charge in [-0.3, -0.25) is 9.59 Å². The smallest absolute Gasteiger partial charge is 0.228 e. The fraction of sp³-hybridized carbons (Fsp3) is 0.130. The van der Waals surface area contributed by atoms with E-state index in [0.29, 0.717) is 21.3 Å².